The summed E-state index contributed by atoms with van der Waals surface area (Å²) in [6.07, 6.45) is 0. The van der Waals surface area contributed by atoms with Crippen molar-refractivity contribution < 1.29 is 14.5 Å². The Morgan fingerprint density at radius 3 is 3.00 bits per heavy atom. The van der Waals surface area contributed by atoms with E-state index >= 15 is 0 Å². The fraction of sp³-hybridized carbons (Fsp3) is 0.500. The molecule has 7 nitrogen and oxygen atoms in total. The number of piperazine rings is 1. The molecule has 0 spiro atoms. The van der Waals surface area contributed by atoms with Gasteiger partial charge < -0.3 is 15.0 Å². The lowest BCUT2D eigenvalue weighted by atomic mass is 10.1. The monoisotopic (exact) mass is 293 g/mol. The van der Waals surface area contributed by atoms with Crippen LogP contribution < -0.4 is 10.2 Å². The van der Waals surface area contributed by atoms with Crippen LogP contribution in [0.25, 0.3) is 0 Å². The Bertz CT molecular complexity index is 547. The first-order valence-electron chi connectivity index (χ1n) is 6.93. The first-order valence-corrected chi connectivity index (χ1v) is 6.93. The summed E-state index contributed by atoms with van der Waals surface area (Å²) in [4.78, 5) is 24.5. The number of esters is 1. The number of carbonyl (C=O) groups excluding carboxylic acids is 1. The van der Waals surface area contributed by atoms with Crippen molar-refractivity contribution in [2.45, 2.75) is 19.9 Å². The number of nitrogens with one attached hydrogen (secondary N) is 1. The highest BCUT2D eigenvalue weighted by atomic mass is 16.6. The predicted octanol–water partition coefficient (Wildman–Crippen LogP) is 1.24. The van der Waals surface area contributed by atoms with Gasteiger partial charge in [0.2, 0.25) is 0 Å². The van der Waals surface area contributed by atoms with E-state index in [1.807, 2.05) is 11.8 Å². The minimum absolute atomic E-state index is 0.0248. The third-order valence-electron chi connectivity index (χ3n) is 3.52. The van der Waals surface area contributed by atoms with E-state index in [0.717, 1.165) is 12.1 Å². The Morgan fingerprint density at radius 1 is 1.57 bits per heavy atom. The van der Waals surface area contributed by atoms with Crippen LogP contribution in [-0.2, 0) is 9.53 Å². The Balaban J connectivity index is 2.34. The average molecular weight is 293 g/mol. The number of rotatable bonds is 4. The molecule has 1 atom stereocenters. The summed E-state index contributed by atoms with van der Waals surface area (Å²) in [5, 5.41) is 14.1. The van der Waals surface area contributed by atoms with Crippen molar-refractivity contribution in [3.05, 3.63) is 33.9 Å². The van der Waals surface area contributed by atoms with Crippen LogP contribution in [0.1, 0.15) is 12.5 Å². The highest BCUT2D eigenvalue weighted by molar-refractivity contribution is 5.81. The van der Waals surface area contributed by atoms with Gasteiger partial charge in [-0.05, 0) is 19.4 Å². The van der Waals surface area contributed by atoms with Crippen molar-refractivity contribution in [3.63, 3.8) is 0 Å². The van der Waals surface area contributed by atoms with E-state index in [2.05, 4.69) is 5.32 Å². The zero-order valence-corrected chi connectivity index (χ0v) is 12.2. The molecule has 114 valence electrons. The molecule has 0 aromatic heterocycles. The molecular weight excluding hydrogens is 274 g/mol. The second-order valence-corrected chi connectivity index (χ2v) is 4.89. The third-order valence-corrected chi connectivity index (χ3v) is 3.52. The lowest BCUT2D eigenvalue weighted by Gasteiger charge is -2.37. The van der Waals surface area contributed by atoms with Gasteiger partial charge in [0.25, 0.3) is 5.69 Å². The van der Waals surface area contributed by atoms with Crippen molar-refractivity contribution >= 4 is 17.3 Å². The molecule has 1 N–H and O–H groups in total. The van der Waals surface area contributed by atoms with Crippen LogP contribution in [0, 0.1) is 17.0 Å². The van der Waals surface area contributed by atoms with E-state index < -0.39 is 11.0 Å². The SMILES string of the molecule is CCOC(=O)C1CNCCN1c1cc([N+](=O)[O-])ccc1C. The second kappa shape index (κ2) is 6.53. The van der Waals surface area contributed by atoms with Gasteiger partial charge in [-0.2, -0.15) is 0 Å². The minimum Gasteiger partial charge on any atom is -0.464 e. The van der Waals surface area contributed by atoms with Crippen molar-refractivity contribution in [3.8, 4) is 0 Å². The van der Waals surface area contributed by atoms with Gasteiger partial charge in [0.1, 0.15) is 6.04 Å². The number of hydrogen-bond acceptors (Lipinski definition) is 6. The molecule has 1 unspecified atom stereocenters. The molecule has 7 heteroatoms. The van der Waals surface area contributed by atoms with Crippen LogP contribution in [0.3, 0.4) is 0 Å². The largest absolute Gasteiger partial charge is 0.464 e. The zero-order chi connectivity index (χ0) is 15.4. The smallest absolute Gasteiger partial charge is 0.330 e. The number of hydrogen-bond donors (Lipinski definition) is 1. The average Bonchev–Trinajstić information content (AvgIpc) is 2.47. The van der Waals surface area contributed by atoms with Gasteiger partial charge in [0.15, 0.2) is 0 Å². The molecule has 1 aliphatic heterocycles. The maximum atomic E-state index is 12.1. The Kier molecular flexibility index (Phi) is 4.74. The summed E-state index contributed by atoms with van der Waals surface area (Å²) >= 11 is 0. The summed E-state index contributed by atoms with van der Waals surface area (Å²) in [5.74, 6) is -0.310. The third kappa shape index (κ3) is 3.30. The fourth-order valence-corrected chi connectivity index (χ4v) is 2.46. The Labute approximate surface area is 123 Å². The first-order chi connectivity index (χ1) is 10.0. The van der Waals surface area contributed by atoms with Crippen LogP contribution in [0.2, 0.25) is 0 Å². The summed E-state index contributed by atoms with van der Waals surface area (Å²) in [6.45, 7) is 5.75. The molecule has 0 saturated carbocycles. The molecular formula is C14H19N3O4. The summed E-state index contributed by atoms with van der Waals surface area (Å²) in [5.41, 5.74) is 1.64. The molecule has 1 fully saturated rings. The number of ether oxygens (including phenoxy) is 1. The molecule has 1 aliphatic rings. The molecule has 0 radical (unpaired) electrons. The van der Waals surface area contributed by atoms with Gasteiger partial charge in [0.05, 0.1) is 11.5 Å². The van der Waals surface area contributed by atoms with Crippen LogP contribution in [0.4, 0.5) is 11.4 Å². The minimum atomic E-state index is -0.459. The normalized spacial score (nSPS) is 18.4. The van der Waals surface area contributed by atoms with E-state index in [9.17, 15) is 14.9 Å². The Morgan fingerprint density at radius 2 is 2.33 bits per heavy atom. The van der Waals surface area contributed by atoms with E-state index in [1.165, 1.54) is 12.1 Å². The van der Waals surface area contributed by atoms with E-state index in [0.29, 0.717) is 25.4 Å². The van der Waals surface area contributed by atoms with Crippen LogP contribution in [0.15, 0.2) is 18.2 Å². The van der Waals surface area contributed by atoms with Gasteiger partial charge in [-0.3, -0.25) is 10.1 Å². The standard InChI is InChI=1S/C14H19N3O4/c1-3-21-14(18)13-9-15-6-7-16(13)12-8-11(17(19)20)5-4-10(12)2/h4-5,8,13,15H,3,6-7,9H2,1-2H3. The van der Waals surface area contributed by atoms with Gasteiger partial charge in [-0.1, -0.05) is 6.07 Å². The molecule has 1 saturated heterocycles. The van der Waals surface area contributed by atoms with Gasteiger partial charge in [-0.25, -0.2) is 4.79 Å². The maximum Gasteiger partial charge on any atom is 0.330 e. The number of anilines is 1. The number of nitro groups is 1. The number of nitro benzene ring substituents is 1. The van der Waals surface area contributed by atoms with Gasteiger partial charge in [0, 0.05) is 37.5 Å². The Hall–Kier alpha value is -2.15. The number of nitrogens with zero attached hydrogens (tertiary/aromatic N) is 2. The molecule has 1 aromatic rings. The molecule has 0 bridgehead atoms. The number of carbonyl (C=O) groups is 1. The zero-order valence-electron chi connectivity index (χ0n) is 12.2. The molecule has 2 rings (SSSR count). The summed E-state index contributed by atoms with van der Waals surface area (Å²) < 4.78 is 5.10. The maximum absolute atomic E-state index is 12.1. The fourth-order valence-electron chi connectivity index (χ4n) is 2.46. The van der Waals surface area contributed by atoms with E-state index in [4.69, 9.17) is 4.74 Å². The summed E-state index contributed by atoms with van der Waals surface area (Å²) in [7, 11) is 0. The quantitative estimate of drug-likeness (QED) is 0.511. The lowest BCUT2D eigenvalue weighted by Crippen LogP contribution is -2.55. The molecule has 0 amide bonds. The highest BCUT2D eigenvalue weighted by Gasteiger charge is 2.31. The van der Waals surface area contributed by atoms with E-state index in [-0.39, 0.29) is 11.7 Å². The second-order valence-electron chi connectivity index (χ2n) is 4.89. The number of non-ortho nitro benzene ring substituents is 1. The van der Waals surface area contributed by atoms with Crippen molar-refractivity contribution in [2.75, 3.05) is 31.1 Å². The van der Waals surface area contributed by atoms with Crippen molar-refractivity contribution in [1.29, 1.82) is 0 Å². The van der Waals surface area contributed by atoms with Crippen LogP contribution in [0.5, 0.6) is 0 Å². The van der Waals surface area contributed by atoms with Crippen LogP contribution in [-0.4, -0.2) is 43.2 Å². The first kappa shape index (κ1) is 15.2. The van der Waals surface area contributed by atoms with Crippen molar-refractivity contribution in [2.24, 2.45) is 0 Å². The highest BCUT2D eigenvalue weighted by Crippen LogP contribution is 2.28. The predicted molar refractivity (Wildman–Crippen MR) is 78.5 cm³/mol. The molecule has 0 aliphatic carbocycles. The van der Waals surface area contributed by atoms with Crippen LogP contribution >= 0.6 is 0 Å². The number of benzene rings is 1. The van der Waals surface area contributed by atoms with Crippen molar-refractivity contribution in [1.82, 2.24) is 5.32 Å². The topological polar surface area (TPSA) is 84.7 Å². The molecule has 1 aromatic carbocycles. The van der Waals surface area contributed by atoms with Gasteiger partial charge in [-0.15, -0.1) is 0 Å². The molecule has 1 heterocycles. The number of aryl methyl sites for hydroxylation is 1. The summed E-state index contributed by atoms with van der Waals surface area (Å²) in [6, 6.07) is 4.24. The molecule has 21 heavy (non-hydrogen) atoms. The van der Waals surface area contributed by atoms with E-state index in [1.54, 1.807) is 13.0 Å². The van der Waals surface area contributed by atoms with Gasteiger partial charge >= 0.3 is 5.97 Å². The lowest BCUT2D eigenvalue weighted by molar-refractivity contribution is -0.384.